The molecule has 6 nitrogen and oxygen atoms in total. The number of methoxy groups -OCH3 is 2. The first-order valence-electron chi connectivity index (χ1n) is 10.9. The van der Waals surface area contributed by atoms with Crippen LogP contribution >= 0.6 is 0 Å². The largest absolute Gasteiger partial charge is 0.481 e. The van der Waals surface area contributed by atoms with Crippen molar-refractivity contribution in [2.75, 3.05) is 20.8 Å². The Morgan fingerprint density at radius 3 is 2.62 bits per heavy atom. The zero-order chi connectivity index (χ0) is 22.5. The number of fused-ring (bicyclic) bond motifs is 1. The van der Waals surface area contributed by atoms with Crippen LogP contribution in [-0.4, -0.2) is 42.7 Å². The fourth-order valence-corrected chi connectivity index (χ4v) is 4.69. The van der Waals surface area contributed by atoms with E-state index in [0.717, 1.165) is 42.1 Å². The van der Waals surface area contributed by atoms with E-state index >= 15 is 0 Å². The fourth-order valence-electron chi connectivity index (χ4n) is 4.69. The monoisotopic (exact) mass is 437 g/mol. The minimum Gasteiger partial charge on any atom is -0.481 e. The number of benzene rings is 1. The highest BCUT2D eigenvalue weighted by Crippen LogP contribution is 2.39. The highest BCUT2D eigenvalue weighted by atomic mass is 19.1. The highest BCUT2D eigenvalue weighted by Gasteiger charge is 2.30. The van der Waals surface area contributed by atoms with Crippen LogP contribution in [0.25, 0.3) is 10.9 Å². The van der Waals surface area contributed by atoms with Gasteiger partial charge in [0, 0.05) is 31.0 Å². The Bertz CT molecular complexity index is 1070. The molecule has 0 saturated heterocycles. The maximum atomic E-state index is 13.8. The molecule has 4 rings (SSSR count). The molecular weight excluding hydrogens is 409 g/mol. The second-order valence-corrected chi connectivity index (χ2v) is 8.30. The molecule has 1 atom stereocenters. The van der Waals surface area contributed by atoms with E-state index in [4.69, 9.17) is 9.47 Å². The van der Waals surface area contributed by atoms with Crippen LogP contribution in [0.5, 0.6) is 5.88 Å². The molecule has 1 amide bonds. The summed E-state index contributed by atoms with van der Waals surface area (Å²) in [5, 5.41) is 4.02. The Labute approximate surface area is 187 Å². The molecule has 3 aromatic rings. The van der Waals surface area contributed by atoms with Crippen molar-refractivity contribution in [3.8, 4) is 5.88 Å². The van der Waals surface area contributed by atoms with Crippen LogP contribution in [0.15, 0.2) is 48.8 Å². The number of aromatic nitrogens is 2. The molecule has 0 spiro atoms. The van der Waals surface area contributed by atoms with Crippen molar-refractivity contribution < 1.29 is 18.7 Å². The smallest absolute Gasteiger partial charge is 0.253 e. The van der Waals surface area contributed by atoms with E-state index in [1.165, 1.54) is 19.4 Å². The third kappa shape index (κ3) is 4.88. The molecule has 1 fully saturated rings. The number of rotatable bonds is 7. The van der Waals surface area contributed by atoms with Crippen LogP contribution in [0, 0.1) is 11.7 Å². The zero-order valence-corrected chi connectivity index (χ0v) is 18.4. The van der Waals surface area contributed by atoms with E-state index in [-0.39, 0.29) is 17.8 Å². The Morgan fingerprint density at radius 2 is 1.94 bits per heavy atom. The van der Waals surface area contributed by atoms with Crippen molar-refractivity contribution >= 4 is 16.8 Å². The lowest BCUT2D eigenvalue weighted by atomic mass is 9.75. The summed E-state index contributed by atoms with van der Waals surface area (Å²) < 4.78 is 24.3. The van der Waals surface area contributed by atoms with Gasteiger partial charge in [-0.2, -0.15) is 0 Å². The number of nitrogens with zero attached hydrogens (tertiary/aromatic N) is 2. The Kier molecular flexibility index (Phi) is 6.95. The Balaban J connectivity index is 1.43. The number of hydrogen-bond donors (Lipinski definition) is 1. The van der Waals surface area contributed by atoms with Crippen LogP contribution in [0.4, 0.5) is 4.39 Å². The Hall–Kier alpha value is -3.06. The summed E-state index contributed by atoms with van der Waals surface area (Å²) in [5.74, 6) is 0.725. The molecule has 1 aromatic carbocycles. The van der Waals surface area contributed by atoms with Crippen molar-refractivity contribution in [3.05, 3.63) is 65.7 Å². The van der Waals surface area contributed by atoms with E-state index in [0.29, 0.717) is 29.9 Å². The molecule has 1 aliphatic rings. The van der Waals surface area contributed by atoms with E-state index in [9.17, 15) is 9.18 Å². The summed E-state index contributed by atoms with van der Waals surface area (Å²) in [5.41, 5.74) is 2.47. The summed E-state index contributed by atoms with van der Waals surface area (Å²) in [6.45, 7) is 0.452. The van der Waals surface area contributed by atoms with Crippen molar-refractivity contribution in [1.29, 1.82) is 0 Å². The average Bonchev–Trinajstić information content (AvgIpc) is 2.83. The lowest BCUT2D eigenvalue weighted by molar-refractivity contribution is 0.0818. The van der Waals surface area contributed by atoms with Gasteiger partial charge in [-0.25, -0.2) is 9.37 Å². The predicted octanol–water partition coefficient (Wildman–Crippen LogP) is 4.50. The van der Waals surface area contributed by atoms with Gasteiger partial charge >= 0.3 is 0 Å². The van der Waals surface area contributed by atoms with E-state index in [2.05, 4.69) is 15.3 Å². The molecule has 32 heavy (non-hydrogen) atoms. The lowest BCUT2D eigenvalue weighted by Gasteiger charge is -2.34. The fraction of sp³-hybridized carbons (Fsp3) is 0.400. The number of halogens is 1. The number of hydrogen-bond acceptors (Lipinski definition) is 5. The third-order valence-electron chi connectivity index (χ3n) is 6.39. The third-order valence-corrected chi connectivity index (χ3v) is 6.39. The molecule has 0 unspecified atom stereocenters. The van der Waals surface area contributed by atoms with Crippen molar-refractivity contribution in [2.45, 2.75) is 37.6 Å². The van der Waals surface area contributed by atoms with Crippen LogP contribution in [0.1, 0.15) is 47.5 Å². The molecule has 1 N–H and O–H groups in total. The van der Waals surface area contributed by atoms with Gasteiger partial charge in [0.15, 0.2) is 0 Å². The van der Waals surface area contributed by atoms with E-state index in [1.807, 2.05) is 6.07 Å². The van der Waals surface area contributed by atoms with Crippen LogP contribution in [0.2, 0.25) is 0 Å². The van der Waals surface area contributed by atoms with Gasteiger partial charge in [-0.15, -0.1) is 0 Å². The minimum absolute atomic E-state index is 0.0813. The molecular formula is C25H28FN3O3. The summed E-state index contributed by atoms with van der Waals surface area (Å²) in [6.07, 6.45) is 7.18. The minimum atomic E-state index is -0.240. The van der Waals surface area contributed by atoms with Gasteiger partial charge in [0.25, 0.3) is 5.91 Å². The maximum Gasteiger partial charge on any atom is 0.253 e. The molecule has 168 valence electrons. The van der Waals surface area contributed by atoms with Gasteiger partial charge in [-0.3, -0.25) is 9.78 Å². The second kappa shape index (κ2) is 10.0. The number of amides is 1. The predicted molar refractivity (Wildman–Crippen MR) is 120 cm³/mol. The maximum absolute atomic E-state index is 13.8. The van der Waals surface area contributed by atoms with Gasteiger partial charge in [-0.05, 0) is 73.4 Å². The van der Waals surface area contributed by atoms with Crippen LogP contribution in [0.3, 0.4) is 0 Å². The lowest BCUT2D eigenvalue weighted by Crippen LogP contribution is -2.44. The molecule has 7 heteroatoms. The average molecular weight is 438 g/mol. The molecule has 0 aliphatic heterocycles. The van der Waals surface area contributed by atoms with Gasteiger partial charge in [0.1, 0.15) is 5.82 Å². The summed E-state index contributed by atoms with van der Waals surface area (Å²) in [7, 11) is 3.19. The number of carbonyl (C=O) groups excluding carboxylic acids is 1. The van der Waals surface area contributed by atoms with E-state index < -0.39 is 0 Å². The zero-order valence-electron chi connectivity index (χ0n) is 18.4. The topological polar surface area (TPSA) is 73.3 Å². The molecule has 2 heterocycles. The number of carbonyl (C=O) groups is 1. The molecule has 0 bridgehead atoms. The number of pyridine rings is 2. The van der Waals surface area contributed by atoms with Gasteiger partial charge in [0.05, 0.1) is 30.8 Å². The van der Waals surface area contributed by atoms with Crippen LogP contribution in [-0.2, 0) is 4.74 Å². The first kappa shape index (κ1) is 22.1. The highest BCUT2D eigenvalue weighted by molar-refractivity contribution is 5.94. The van der Waals surface area contributed by atoms with Crippen molar-refractivity contribution in [3.63, 3.8) is 0 Å². The first-order valence-corrected chi connectivity index (χ1v) is 10.9. The second-order valence-electron chi connectivity index (χ2n) is 8.30. The van der Waals surface area contributed by atoms with Crippen molar-refractivity contribution in [1.82, 2.24) is 15.3 Å². The molecule has 2 aromatic heterocycles. The summed E-state index contributed by atoms with van der Waals surface area (Å²) in [4.78, 5) is 21.2. The van der Waals surface area contributed by atoms with Crippen LogP contribution < -0.4 is 10.1 Å². The molecule has 0 radical (unpaired) electrons. The van der Waals surface area contributed by atoms with Gasteiger partial charge < -0.3 is 14.8 Å². The summed E-state index contributed by atoms with van der Waals surface area (Å²) in [6, 6.07) is 10.1. The number of nitrogens with one attached hydrogen (secondary N) is 1. The van der Waals surface area contributed by atoms with Crippen molar-refractivity contribution in [2.24, 2.45) is 5.92 Å². The summed E-state index contributed by atoms with van der Waals surface area (Å²) >= 11 is 0. The quantitative estimate of drug-likeness (QED) is 0.589. The van der Waals surface area contributed by atoms with Gasteiger partial charge in [-0.1, -0.05) is 0 Å². The normalized spacial score (nSPS) is 19.5. The standard InChI is InChI=1S/C25H28FN3O3/c1-31-15-23(29-25(30)18-7-10-24(32-2)28-14-18)17-5-3-16(4-6-17)20-11-12-27-22-9-8-19(26)13-21(20)22/h7-14,16-17,23H,3-6,15H2,1-2H3,(H,29,30)/t16?,17?,23-/m0/s1. The number of ether oxygens (including phenoxy) is 2. The Morgan fingerprint density at radius 1 is 1.12 bits per heavy atom. The molecule has 1 saturated carbocycles. The van der Waals surface area contributed by atoms with Gasteiger partial charge in [0.2, 0.25) is 5.88 Å². The first-order chi connectivity index (χ1) is 15.6. The van der Waals surface area contributed by atoms with E-state index in [1.54, 1.807) is 37.6 Å². The molecule has 1 aliphatic carbocycles. The SMILES string of the molecule is COC[C@H](NC(=O)c1ccc(OC)nc1)C1CCC(c2ccnc3ccc(F)cc23)CC1.